The Labute approximate surface area is 109 Å². The van der Waals surface area contributed by atoms with Crippen molar-refractivity contribution in [2.75, 3.05) is 0 Å². The van der Waals surface area contributed by atoms with E-state index in [2.05, 4.69) is 51.4 Å². The van der Waals surface area contributed by atoms with Crippen molar-refractivity contribution in [1.82, 2.24) is 0 Å². The maximum absolute atomic E-state index is 2.65. The van der Waals surface area contributed by atoms with Crippen LogP contribution in [0.2, 0.25) is 43.9 Å². The Kier molecular flexibility index (Phi) is 2.29. The summed E-state index contributed by atoms with van der Waals surface area (Å²) in [5, 5.41) is 0. The minimum absolute atomic E-state index is 0.828. The Balaban J connectivity index is 2.03. The first-order chi connectivity index (χ1) is 7.68. The average molecular weight is 265 g/mol. The molecule has 0 aromatic rings. The van der Waals surface area contributed by atoms with Crippen LogP contribution < -0.4 is 0 Å². The zero-order chi connectivity index (χ0) is 12.6. The van der Waals surface area contributed by atoms with Gasteiger partial charge in [0.05, 0.1) is 0 Å². The van der Waals surface area contributed by atoms with E-state index in [1.807, 2.05) is 0 Å². The van der Waals surface area contributed by atoms with Crippen LogP contribution >= 0.6 is 0 Å². The molecule has 3 aliphatic carbocycles. The molecule has 0 aromatic heterocycles. The maximum Gasteiger partial charge on any atom is 0.0482 e. The van der Waals surface area contributed by atoms with Crippen molar-refractivity contribution in [1.29, 1.82) is 0 Å². The van der Waals surface area contributed by atoms with Crippen molar-refractivity contribution in [3.8, 4) is 0 Å². The van der Waals surface area contributed by atoms with Crippen LogP contribution in [0.1, 0.15) is 12.8 Å². The second-order valence-electron chi connectivity index (χ2n) is 8.81. The van der Waals surface area contributed by atoms with E-state index < -0.39 is 16.1 Å². The van der Waals surface area contributed by atoms with E-state index in [1.165, 1.54) is 6.42 Å². The quantitative estimate of drug-likeness (QED) is 0.497. The predicted molar refractivity (Wildman–Crippen MR) is 81.7 cm³/mol. The van der Waals surface area contributed by atoms with Crippen molar-refractivity contribution in [3.05, 3.63) is 12.2 Å². The van der Waals surface area contributed by atoms with E-state index in [-0.39, 0.29) is 0 Å². The molecule has 0 heterocycles. The van der Waals surface area contributed by atoms with Crippen LogP contribution in [0.5, 0.6) is 0 Å². The first-order valence-corrected chi connectivity index (χ1v) is 14.4. The standard InChI is InChI=1S/C15H28Si2/c1-16(2,3)15(17(4,5)6)10-13-11-7-8-12(9-11)14(13)15/h7-8,11-14H,9-10H2,1-6H3. The van der Waals surface area contributed by atoms with Gasteiger partial charge in [0.2, 0.25) is 0 Å². The first-order valence-electron chi connectivity index (χ1n) is 7.37. The summed E-state index contributed by atoms with van der Waals surface area (Å²) in [4.78, 5) is 0. The summed E-state index contributed by atoms with van der Waals surface area (Å²) in [6.45, 7) is 15.9. The summed E-state index contributed by atoms with van der Waals surface area (Å²) in [5.41, 5.74) is 0. The van der Waals surface area contributed by atoms with Gasteiger partial charge in [-0.1, -0.05) is 51.4 Å². The third-order valence-corrected chi connectivity index (χ3v) is 17.4. The highest BCUT2D eigenvalue weighted by Crippen LogP contribution is 2.76. The molecule has 3 rings (SSSR count). The van der Waals surface area contributed by atoms with Gasteiger partial charge in [0.25, 0.3) is 0 Å². The van der Waals surface area contributed by atoms with Crippen LogP contribution in [0.15, 0.2) is 12.2 Å². The van der Waals surface area contributed by atoms with Gasteiger partial charge < -0.3 is 0 Å². The van der Waals surface area contributed by atoms with Crippen molar-refractivity contribution in [3.63, 3.8) is 0 Å². The molecule has 0 aliphatic heterocycles. The van der Waals surface area contributed by atoms with Gasteiger partial charge in [-0.3, -0.25) is 0 Å². The molecule has 0 aromatic carbocycles. The fourth-order valence-electron chi connectivity index (χ4n) is 6.02. The lowest BCUT2D eigenvalue weighted by Crippen LogP contribution is -2.67. The second kappa shape index (κ2) is 3.19. The van der Waals surface area contributed by atoms with Crippen LogP contribution in [-0.2, 0) is 0 Å². The van der Waals surface area contributed by atoms with Crippen molar-refractivity contribution >= 4 is 16.1 Å². The zero-order valence-electron chi connectivity index (χ0n) is 12.4. The molecular weight excluding hydrogens is 236 g/mol. The van der Waals surface area contributed by atoms with Crippen LogP contribution in [0.25, 0.3) is 0 Å². The van der Waals surface area contributed by atoms with E-state index in [9.17, 15) is 0 Å². The van der Waals surface area contributed by atoms with E-state index >= 15 is 0 Å². The first kappa shape index (κ1) is 12.2. The Bertz CT molecular complexity index is 355. The number of rotatable bonds is 2. The summed E-state index contributed by atoms with van der Waals surface area (Å²) in [7, 11) is -2.11. The van der Waals surface area contributed by atoms with Gasteiger partial charge in [0, 0.05) is 16.1 Å². The summed E-state index contributed by atoms with van der Waals surface area (Å²) in [6.07, 6.45) is 8.23. The van der Waals surface area contributed by atoms with Gasteiger partial charge in [-0.05, 0) is 41.2 Å². The molecule has 4 unspecified atom stereocenters. The van der Waals surface area contributed by atoms with Crippen molar-refractivity contribution < 1.29 is 0 Å². The summed E-state index contributed by atoms with van der Waals surface area (Å²) in [6, 6.07) is 0. The Morgan fingerprint density at radius 3 is 1.88 bits per heavy atom. The van der Waals surface area contributed by atoms with Crippen molar-refractivity contribution in [2.45, 2.75) is 56.8 Å². The zero-order valence-corrected chi connectivity index (χ0v) is 14.4. The Morgan fingerprint density at radius 2 is 1.41 bits per heavy atom. The smallest absolute Gasteiger partial charge is 0.0482 e. The summed E-state index contributed by atoms with van der Waals surface area (Å²) in [5.74, 6) is 4.13. The van der Waals surface area contributed by atoms with Gasteiger partial charge in [0.1, 0.15) is 0 Å². The van der Waals surface area contributed by atoms with Crippen molar-refractivity contribution in [2.24, 2.45) is 23.7 Å². The molecule has 0 nitrogen and oxygen atoms in total. The SMILES string of the molecule is C[Si](C)(C)C1([Si](C)(C)C)CC2C3C=CC(C3)C21. The number of allylic oxidation sites excluding steroid dienone is 2. The molecule has 2 heteroatoms. The van der Waals surface area contributed by atoms with Crippen LogP contribution in [0, 0.1) is 23.7 Å². The molecular formula is C15H28Si2. The third kappa shape index (κ3) is 1.29. The summed E-state index contributed by atoms with van der Waals surface area (Å²) >= 11 is 0. The molecule has 0 amide bonds. The fourth-order valence-corrected chi connectivity index (χ4v) is 19.6. The third-order valence-electron chi connectivity index (χ3n) is 6.43. The van der Waals surface area contributed by atoms with Gasteiger partial charge in [-0.25, -0.2) is 0 Å². The molecule has 2 fully saturated rings. The van der Waals surface area contributed by atoms with E-state index in [0.717, 1.165) is 28.3 Å². The Morgan fingerprint density at radius 1 is 0.882 bits per heavy atom. The topological polar surface area (TPSA) is 0 Å². The van der Waals surface area contributed by atoms with Crippen LogP contribution in [0.3, 0.4) is 0 Å². The minimum Gasteiger partial charge on any atom is -0.0848 e. The molecule has 4 atom stereocenters. The van der Waals surface area contributed by atoms with Crippen LogP contribution in [0.4, 0.5) is 0 Å². The molecule has 2 bridgehead atoms. The monoisotopic (exact) mass is 264 g/mol. The average Bonchev–Trinajstić information content (AvgIpc) is 2.53. The fraction of sp³-hybridized carbons (Fsp3) is 0.867. The van der Waals surface area contributed by atoms with E-state index in [1.54, 1.807) is 6.42 Å². The molecule has 96 valence electrons. The molecule has 2 saturated carbocycles. The molecule has 0 spiro atoms. The second-order valence-corrected chi connectivity index (χ2v) is 20.1. The number of hydrogen-bond acceptors (Lipinski definition) is 0. The van der Waals surface area contributed by atoms with Gasteiger partial charge in [0.15, 0.2) is 0 Å². The highest BCUT2D eigenvalue weighted by molar-refractivity contribution is 6.99. The van der Waals surface area contributed by atoms with Crippen LogP contribution in [-0.4, -0.2) is 16.1 Å². The normalized spacial score (nSPS) is 42.5. The number of hydrogen-bond donors (Lipinski definition) is 0. The lowest BCUT2D eigenvalue weighted by atomic mass is 9.66. The van der Waals surface area contributed by atoms with Gasteiger partial charge >= 0.3 is 0 Å². The molecule has 0 saturated heterocycles. The van der Waals surface area contributed by atoms with Gasteiger partial charge in [-0.15, -0.1) is 0 Å². The minimum atomic E-state index is -1.06. The number of fused-ring (bicyclic) bond motifs is 5. The maximum atomic E-state index is 2.65. The molecule has 17 heavy (non-hydrogen) atoms. The predicted octanol–water partition coefficient (Wildman–Crippen LogP) is 4.78. The Hall–Kier alpha value is 0.174. The lowest BCUT2D eigenvalue weighted by Gasteiger charge is -2.67. The molecule has 0 N–H and O–H groups in total. The van der Waals surface area contributed by atoms with E-state index in [4.69, 9.17) is 0 Å². The highest BCUT2D eigenvalue weighted by atomic mass is 28.4. The van der Waals surface area contributed by atoms with E-state index in [0.29, 0.717) is 0 Å². The van der Waals surface area contributed by atoms with Gasteiger partial charge in [-0.2, -0.15) is 0 Å². The highest BCUT2D eigenvalue weighted by Gasteiger charge is 2.70. The largest absolute Gasteiger partial charge is 0.0848 e. The lowest BCUT2D eigenvalue weighted by molar-refractivity contribution is 0.120. The molecule has 3 aliphatic rings. The summed E-state index contributed by atoms with van der Waals surface area (Å²) < 4.78 is 0.828. The molecule has 0 radical (unpaired) electrons.